The SMILES string of the molecule is O=C(c1ccc(Cl)cc1)c1ccn[nH]1. The molecular formula is C10H7ClN2O. The molecule has 0 saturated carbocycles. The number of ketones is 1. The van der Waals surface area contributed by atoms with Gasteiger partial charge in [-0.25, -0.2) is 0 Å². The number of nitrogens with zero attached hydrogens (tertiary/aromatic N) is 1. The van der Waals surface area contributed by atoms with E-state index in [1.165, 1.54) is 0 Å². The highest BCUT2D eigenvalue weighted by Gasteiger charge is 2.09. The van der Waals surface area contributed by atoms with Crippen molar-refractivity contribution in [2.24, 2.45) is 0 Å². The Morgan fingerprint density at radius 2 is 1.93 bits per heavy atom. The molecule has 2 aromatic rings. The summed E-state index contributed by atoms with van der Waals surface area (Å²) < 4.78 is 0. The van der Waals surface area contributed by atoms with Crippen molar-refractivity contribution in [1.82, 2.24) is 10.2 Å². The fourth-order valence-electron chi connectivity index (χ4n) is 1.14. The summed E-state index contributed by atoms with van der Waals surface area (Å²) in [4.78, 5) is 11.7. The van der Waals surface area contributed by atoms with Crippen LogP contribution in [0.1, 0.15) is 16.1 Å². The van der Waals surface area contributed by atoms with E-state index >= 15 is 0 Å². The summed E-state index contributed by atoms with van der Waals surface area (Å²) in [5.41, 5.74) is 1.07. The first-order valence-electron chi connectivity index (χ1n) is 4.07. The smallest absolute Gasteiger partial charge is 0.210 e. The van der Waals surface area contributed by atoms with Gasteiger partial charge in [0.2, 0.25) is 5.78 Å². The van der Waals surface area contributed by atoms with Crippen molar-refractivity contribution in [2.75, 3.05) is 0 Å². The van der Waals surface area contributed by atoms with Gasteiger partial charge >= 0.3 is 0 Å². The molecule has 0 fully saturated rings. The maximum Gasteiger partial charge on any atom is 0.210 e. The molecule has 1 aromatic heterocycles. The molecule has 2 rings (SSSR count). The number of aromatic nitrogens is 2. The van der Waals surface area contributed by atoms with Crippen LogP contribution in [0.5, 0.6) is 0 Å². The minimum atomic E-state index is -0.0841. The molecule has 1 heterocycles. The summed E-state index contributed by atoms with van der Waals surface area (Å²) in [6.45, 7) is 0. The number of aromatic amines is 1. The zero-order chi connectivity index (χ0) is 9.97. The molecular weight excluding hydrogens is 200 g/mol. The number of halogens is 1. The molecule has 3 nitrogen and oxygen atoms in total. The van der Waals surface area contributed by atoms with E-state index in [2.05, 4.69) is 10.2 Å². The summed E-state index contributed by atoms with van der Waals surface area (Å²) in [7, 11) is 0. The Labute approximate surface area is 85.7 Å². The molecule has 0 unspecified atom stereocenters. The topological polar surface area (TPSA) is 45.8 Å². The van der Waals surface area contributed by atoms with Crippen LogP contribution in [0, 0.1) is 0 Å². The Kier molecular flexibility index (Phi) is 2.33. The summed E-state index contributed by atoms with van der Waals surface area (Å²) in [6.07, 6.45) is 1.54. The van der Waals surface area contributed by atoms with Gasteiger partial charge in [0, 0.05) is 16.8 Å². The number of benzene rings is 1. The number of nitrogens with one attached hydrogen (secondary N) is 1. The van der Waals surface area contributed by atoms with Crippen molar-refractivity contribution in [3.8, 4) is 0 Å². The van der Waals surface area contributed by atoms with Crippen LogP contribution >= 0.6 is 11.6 Å². The van der Waals surface area contributed by atoms with Crippen LogP contribution in [0.4, 0.5) is 0 Å². The lowest BCUT2D eigenvalue weighted by atomic mass is 10.1. The molecule has 0 amide bonds. The molecule has 14 heavy (non-hydrogen) atoms. The minimum absolute atomic E-state index is 0.0841. The monoisotopic (exact) mass is 206 g/mol. The van der Waals surface area contributed by atoms with Crippen LogP contribution in [0.2, 0.25) is 5.02 Å². The molecule has 0 aliphatic rings. The third kappa shape index (κ3) is 1.67. The third-order valence-electron chi connectivity index (χ3n) is 1.85. The van der Waals surface area contributed by atoms with Crippen LogP contribution in [-0.4, -0.2) is 16.0 Å². The summed E-state index contributed by atoms with van der Waals surface area (Å²) in [5, 5.41) is 6.95. The van der Waals surface area contributed by atoms with Gasteiger partial charge in [0.05, 0.1) is 0 Å². The van der Waals surface area contributed by atoms with E-state index in [4.69, 9.17) is 11.6 Å². The van der Waals surface area contributed by atoms with Gasteiger partial charge in [-0.15, -0.1) is 0 Å². The fourth-order valence-corrected chi connectivity index (χ4v) is 1.27. The lowest BCUT2D eigenvalue weighted by Crippen LogP contribution is -2.01. The van der Waals surface area contributed by atoms with E-state index in [0.29, 0.717) is 16.3 Å². The Bertz CT molecular complexity index is 434. The summed E-state index contributed by atoms with van der Waals surface area (Å²) in [5.74, 6) is -0.0841. The van der Waals surface area contributed by atoms with Crippen molar-refractivity contribution < 1.29 is 4.79 Å². The average molecular weight is 207 g/mol. The first kappa shape index (κ1) is 8.97. The number of rotatable bonds is 2. The Morgan fingerprint density at radius 1 is 1.21 bits per heavy atom. The highest BCUT2D eigenvalue weighted by atomic mass is 35.5. The first-order chi connectivity index (χ1) is 6.77. The number of carbonyl (C=O) groups is 1. The molecule has 0 saturated heterocycles. The first-order valence-corrected chi connectivity index (χ1v) is 4.45. The molecule has 1 aromatic carbocycles. The molecule has 0 atom stereocenters. The van der Waals surface area contributed by atoms with Gasteiger partial charge < -0.3 is 0 Å². The van der Waals surface area contributed by atoms with Crippen molar-refractivity contribution in [2.45, 2.75) is 0 Å². The lowest BCUT2D eigenvalue weighted by molar-refractivity contribution is 0.103. The summed E-state index contributed by atoms with van der Waals surface area (Å²) >= 11 is 5.71. The Hall–Kier alpha value is -1.61. The van der Waals surface area contributed by atoms with Crippen LogP contribution in [0.25, 0.3) is 0 Å². The van der Waals surface area contributed by atoms with Gasteiger partial charge in [-0.2, -0.15) is 5.10 Å². The molecule has 0 aliphatic carbocycles. The average Bonchev–Trinajstić information content (AvgIpc) is 2.71. The number of hydrogen-bond donors (Lipinski definition) is 1. The zero-order valence-corrected chi connectivity index (χ0v) is 7.95. The molecule has 1 N–H and O–H groups in total. The van der Waals surface area contributed by atoms with E-state index in [1.807, 2.05) is 0 Å². The third-order valence-corrected chi connectivity index (χ3v) is 2.10. The van der Waals surface area contributed by atoms with Crippen molar-refractivity contribution >= 4 is 17.4 Å². The molecule has 0 radical (unpaired) electrons. The normalized spacial score (nSPS) is 10.1. The lowest BCUT2D eigenvalue weighted by Gasteiger charge is -1.97. The minimum Gasteiger partial charge on any atom is -0.287 e. The largest absolute Gasteiger partial charge is 0.287 e. The Balaban J connectivity index is 2.33. The maximum absolute atomic E-state index is 11.7. The second-order valence-corrected chi connectivity index (χ2v) is 3.24. The molecule has 0 spiro atoms. The van der Waals surface area contributed by atoms with Gasteiger partial charge in [0.15, 0.2) is 0 Å². The Morgan fingerprint density at radius 3 is 2.50 bits per heavy atom. The molecule has 4 heteroatoms. The molecule has 0 bridgehead atoms. The summed E-state index contributed by atoms with van der Waals surface area (Å²) in [6, 6.07) is 8.38. The number of H-pyrrole nitrogens is 1. The van der Waals surface area contributed by atoms with Gasteiger partial charge in [-0.05, 0) is 30.3 Å². The van der Waals surface area contributed by atoms with E-state index in [1.54, 1.807) is 36.5 Å². The van der Waals surface area contributed by atoms with Crippen LogP contribution < -0.4 is 0 Å². The van der Waals surface area contributed by atoms with Crippen LogP contribution in [0.3, 0.4) is 0 Å². The van der Waals surface area contributed by atoms with E-state index in [9.17, 15) is 4.79 Å². The van der Waals surface area contributed by atoms with Gasteiger partial charge in [-0.1, -0.05) is 11.6 Å². The van der Waals surface area contributed by atoms with Crippen molar-refractivity contribution in [3.63, 3.8) is 0 Å². The zero-order valence-electron chi connectivity index (χ0n) is 7.20. The predicted octanol–water partition coefficient (Wildman–Crippen LogP) is 2.29. The standard InChI is InChI=1S/C10H7ClN2O/c11-8-3-1-7(2-4-8)10(14)9-5-6-12-13-9/h1-6H,(H,12,13). The van der Waals surface area contributed by atoms with Crippen molar-refractivity contribution in [1.29, 1.82) is 0 Å². The van der Waals surface area contributed by atoms with Crippen LogP contribution in [0.15, 0.2) is 36.5 Å². The molecule has 70 valence electrons. The highest BCUT2D eigenvalue weighted by molar-refractivity contribution is 6.30. The van der Waals surface area contributed by atoms with Gasteiger partial charge in [-0.3, -0.25) is 9.89 Å². The van der Waals surface area contributed by atoms with E-state index in [-0.39, 0.29) is 5.78 Å². The van der Waals surface area contributed by atoms with Crippen molar-refractivity contribution in [3.05, 3.63) is 52.8 Å². The van der Waals surface area contributed by atoms with Gasteiger partial charge in [0.25, 0.3) is 0 Å². The highest BCUT2D eigenvalue weighted by Crippen LogP contribution is 2.12. The van der Waals surface area contributed by atoms with Crippen LogP contribution in [-0.2, 0) is 0 Å². The second-order valence-electron chi connectivity index (χ2n) is 2.81. The quantitative estimate of drug-likeness (QED) is 0.767. The fraction of sp³-hybridized carbons (Fsp3) is 0. The second kappa shape index (κ2) is 3.64. The number of carbonyl (C=O) groups excluding carboxylic acids is 1. The van der Waals surface area contributed by atoms with E-state index in [0.717, 1.165) is 0 Å². The predicted molar refractivity (Wildman–Crippen MR) is 53.5 cm³/mol. The van der Waals surface area contributed by atoms with Gasteiger partial charge in [0.1, 0.15) is 5.69 Å². The molecule has 0 aliphatic heterocycles. The number of hydrogen-bond acceptors (Lipinski definition) is 2. The maximum atomic E-state index is 11.7. The van der Waals surface area contributed by atoms with E-state index < -0.39 is 0 Å².